The summed E-state index contributed by atoms with van der Waals surface area (Å²) in [5, 5.41) is 5.34. The number of benzene rings is 2. The van der Waals surface area contributed by atoms with E-state index in [1.54, 1.807) is 18.2 Å². The van der Waals surface area contributed by atoms with Crippen LogP contribution in [0.2, 0.25) is 0 Å². The minimum absolute atomic E-state index is 0.231. The zero-order valence-electron chi connectivity index (χ0n) is 12.7. The molecule has 2 amide bonds. The van der Waals surface area contributed by atoms with Gasteiger partial charge in [-0.1, -0.05) is 0 Å². The second kappa shape index (κ2) is 6.99. The lowest BCUT2D eigenvalue weighted by Gasteiger charge is -2.10. The number of amides is 2. The van der Waals surface area contributed by atoms with Crippen LogP contribution in [0.15, 0.2) is 42.5 Å². The van der Waals surface area contributed by atoms with Gasteiger partial charge < -0.3 is 20.1 Å². The number of hydrogen-bond donors (Lipinski definition) is 2. The molecule has 2 N–H and O–H groups in total. The average Bonchev–Trinajstić information content (AvgIpc) is 2.76. The number of carbonyl (C=O) groups excluding carboxylic acids is 2. The van der Waals surface area contributed by atoms with Crippen molar-refractivity contribution in [2.45, 2.75) is 0 Å². The monoisotopic (exact) mass is 330 g/mol. The lowest BCUT2D eigenvalue weighted by Crippen LogP contribution is -2.24. The van der Waals surface area contributed by atoms with Crippen LogP contribution in [-0.4, -0.2) is 31.6 Å². The van der Waals surface area contributed by atoms with Crippen molar-refractivity contribution in [3.63, 3.8) is 0 Å². The largest absolute Gasteiger partial charge is 0.491 e. The summed E-state index contributed by atoms with van der Waals surface area (Å²) in [6, 6.07) is 10.2. The second-order valence-electron chi connectivity index (χ2n) is 5.11. The molecule has 0 unspecified atom stereocenters. The molecule has 0 spiro atoms. The maximum atomic E-state index is 12.8. The average molecular weight is 330 g/mol. The number of anilines is 1. The fourth-order valence-electron chi connectivity index (χ4n) is 2.21. The topological polar surface area (TPSA) is 76.7 Å². The van der Waals surface area contributed by atoms with Gasteiger partial charge in [-0.2, -0.15) is 0 Å². The van der Waals surface area contributed by atoms with Crippen molar-refractivity contribution < 1.29 is 23.5 Å². The smallest absolute Gasteiger partial charge is 0.262 e. The molecule has 1 heterocycles. The minimum Gasteiger partial charge on any atom is -0.491 e. The summed E-state index contributed by atoms with van der Waals surface area (Å²) in [5.74, 6) is -0.153. The molecular formula is C17H15FN2O4. The van der Waals surface area contributed by atoms with Gasteiger partial charge in [-0.15, -0.1) is 0 Å². The number of ether oxygens (including phenoxy) is 2. The van der Waals surface area contributed by atoms with Crippen molar-refractivity contribution in [1.29, 1.82) is 0 Å². The molecule has 0 aliphatic carbocycles. The molecule has 0 saturated heterocycles. The van der Waals surface area contributed by atoms with Gasteiger partial charge >= 0.3 is 0 Å². The first-order valence-corrected chi connectivity index (χ1v) is 7.35. The fourth-order valence-corrected chi connectivity index (χ4v) is 2.21. The number of fused-ring (bicyclic) bond motifs is 1. The molecule has 3 rings (SSSR count). The molecule has 0 atom stereocenters. The van der Waals surface area contributed by atoms with Crippen molar-refractivity contribution in [3.8, 4) is 11.5 Å². The molecule has 0 bridgehead atoms. The number of nitrogens with one attached hydrogen (secondary N) is 2. The second-order valence-corrected chi connectivity index (χ2v) is 5.11. The predicted molar refractivity (Wildman–Crippen MR) is 84.8 cm³/mol. The molecule has 7 heteroatoms. The summed E-state index contributed by atoms with van der Waals surface area (Å²) in [6.45, 7) is 0.599. The Labute approximate surface area is 137 Å². The van der Waals surface area contributed by atoms with Gasteiger partial charge in [0.2, 0.25) is 0 Å². The molecule has 0 radical (unpaired) electrons. The number of halogens is 1. The van der Waals surface area contributed by atoms with E-state index >= 15 is 0 Å². The zero-order valence-corrected chi connectivity index (χ0v) is 12.7. The van der Waals surface area contributed by atoms with Gasteiger partial charge in [0.25, 0.3) is 11.8 Å². The molecule has 0 saturated carbocycles. The maximum Gasteiger partial charge on any atom is 0.262 e. The summed E-state index contributed by atoms with van der Waals surface area (Å²) < 4.78 is 23.5. The Bertz CT molecular complexity index is 762. The van der Waals surface area contributed by atoms with E-state index < -0.39 is 5.91 Å². The van der Waals surface area contributed by atoms with Crippen molar-refractivity contribution in [2.24, 2.45) is 0 Å². The van der Waals surface area contributed by atoms with Crippen molar-refractivity contribution in [2.75, 3.05) is 25.1 Å². The number of carbonyl (C=O) groups is 2. The first-order valence-electron chi connectivity index (χ1n) is 7.35. The first-order chi connectivity index (χ1) is 11.6. The molecule has 2 aromatic carbocycles. The lowest BCUT2D eigenvalue weighted by molar-refractivity contribution is -0.118. The molecule has 0 aromatic heterocycles. The van der Waals surface area contributed by atoms with Crippen LogP contribution in [-0.2, 0) is 4.79 Å². The molecule has 1 aliphatic rings. The van der Waals surface area contributed by atoms with Crippen molar-refractivity contribution >= 4 is 17.5 Å². The molecule has 1 aliphatic heterocycles. The van der Waals surface area contributed by atoms with Crippen LogP contribution in [0.3, 0.4) is 0 Å². The van der Waals surface area contributed by atoms with E-state index in [4.69, 9.17) is 9.47 Å². The third kappa shape index (κ3) is 3.81. The fraction of sp³-hybridized carbons (Fsp3) is 0.176. The van der Waals surface area contributed by atoms with Gasteiger partial charge in [0.05, 0.1) is 12.1 Å². The summed E-state index contributed by atoms with van der Waals surface area (Å²) in [6.07, 6.45) is 0. The van der Waals surface area contributed by atoms with E-state index in [2.05, 4.69) is 10.6 Å². The minimum atomic E-state index is -0.394. The Hall–Kier alpha value is -3.09. The summed E-state index contributed by atoms with van der Waals surface area (Å²) in [4.78, 5) is 23.9. The Balaban J connectivity index is 1.62. The molecule has 0 fully saturated rings. The van der Waals surface area contributed by atoms with Gasteiger partial charge in [0.15, 0.2) is 6.61 Å². The van der Waals surface area contributed by atoms with Crippen molar-refractivity contribution in [3.05, 3.63) is 53.8 Å². The van der Waals surface area contributed by atoms with Gasteiger partial charge in [-0.05, 0) is 42.5 Å². The Morgan fingerprint density at radius 2 is 2.04 bits per heavy atom. The Morgan fingerprint density at radius 3 is 2.83 bits per heavy atom. The first kappa shape index (κ1) is 15.8. The SMILES string of the molecule is O=C(COc1ccc(F)cc1)Nc1ccc2c(c1)C(=O)NCCO2. The van der Waals surface area contributed by atoms with Gasteiger partial charge in [0.1, 0.15) is 23.9 Å². The van der Waals surface area contributed by atoms with E-state index in [1.165, 1.54) is 24.3 Å². The molecule has 24 heavy (non-hydrogen) atoms. The highest BCUT2D eigenvalue weighted by Gasteiger charge is 2.17. The quantitative estimate of drug-likeness (QED) is 0.898. The highest BCUT2D eigenvalue weighted by atomic mass is 19.1. The maximum absolute atomic E-state index is 12.8. The van der Waals surface area contributed by atoms with Crippen LogP contribution in [0, 0.1) is 5.82 Å². The van der Waals surface area contributed by atoms with Crippen LogP contribution in [0.4, 0.5) is 10.1 Å². The van der Waals surface area contributed by atoms with Crippen LogP contribution in [0.25, 0.3) is 0 Å². The standard InChI is InChI=1S/C17H15FN2O4/c18-11-1-4-13(5-2-11)24-10-16(21)20-12-3-6-15-14(9-12)17(22)19-7-8-23-15/h1-6,9H,7-8,10H2,(H,19,22)(H,20,21). The number of rotatable bonds is 4. The highest BCUT2D eigenvalue weighted by molar-refractivity contribution is 5.99. The highest BCUT2D eigenvalue weighted by Crippen LogP contribution is 2.24. The molecular weight excluding hydrogens is 315 g/mol. The van der Waals surface area contributed by atoms with E-state index in [0.29, 0.717) is 35.9 Å². The third-order valence-electron chi connectivity index (χ3n) is 3.34. The Morgan fingerprint density at radius 1 is 1.25 bits per heavy atom. The van der Waals surface area contributed by atoms with E-state index in [-0.39, 0.29) is 18.3 Å². The van der Waals surface area contributed by atoms with E-state index in [0.717, 1.165) is 0 Å². The molecule has 2 aromatic rings. The van der Waals surface area contributed by atoms with E-state index in [9.17, 15) is 14.0 Å². The van der Waals surface area contributed by atoms with Crippen LogP contribution in [0.1, 0.15) is 10.4 Å². The van der Waals surface area contributed by atoms with Crippen molar-refractivity contribution in [1.82, 2.24) is 5.32 Å². The normalized spacial score (nSPS) is 13.1. The predicted octanol–water partition coefficient (Wildman–Crippen LogP) is 1.97. The Kier molecular flexibility index (Phi) is 4.60. The van der Waals surface area contributed by atoms with Gasteiger partial charge in [-0.3, -0.25) is 9.59 Å². The van der Waals surface area contributed by atoms with Gasteiger partial charge in [-0.25, -0.2) is 4.39 Å². The summed E-state index contributed by atoms with van der Waals surface area (Å²) in [7, 11) is 0. The zero-order chi connectivity index (χ0) is 16.9. The number of hydrogen-bond acceptors (Lipinski definition) is 4. The van der Waals surface area contributed by atoms with Gasteiger partial charge in [0, 0.05) is 5.69 Å². The third-order valence-corrected chi connectivity index (χ3v) is 3.34. The van der Waals surface area contributed by atoms with Crippen LogP contribution < -0.4 is 20.1 Å². The molecule has 6 nitrogen and oxygen atoms in total. The lowest BCUT2D eigenvalue weighted by atomic mass is 10.1. The summed E-state index contributed by atoms with van der Waals surface area (Å²) in [5.41, 5.74) is 0.826. The van der Waals surface area contributed by atoms with E-state index in [1.807, 2.05) is 0 Å². The molecule has 124 valence electrons. The summed E-state index contributed by atoms with van der Waals surface area (Å²) >= 11 is 0. The van der Waals surface area contributed by atoms with Crippen LogP contribution >= 0.6 is 0 Å². The van der Waals surface area contributed by atoms with Crippen LogP contribution in [0.5, 0.6) is 11.5 Å².